The van der Waals surface area contributed by atoms with Gasteiger partial charge in [-0.25, -0.2) is 0 Å². The summed E-state index contributed by atoms with van der Waals surface area (Å²) in [7, 11) is 1.61. The zero-order chi connectivity index (χ0) is 18.4. The highest BCUT2D eigenvalue weighted by Crippen LogP contribution is 2.24. The summed E-state index contributed by atoms with van der Waals surface area (Å²) in [6, 6.07) is 17.3. The number of carbonyl (C=O) groups excluding carboxylic acids is 1. The standard InChI is InChI=1S/C18H17BrN4O2S/c1-25-11-16-21-22-18(23(16)13-7-3-2-4-8-13)26-12-17(24)20-15-10-6-5-9-14(15)19/h2-10H,11-12H2,1H3,(H,20,24). The van der Waals surface area contributed by atoms with E-state index in [1.54, 1.807) is 7.11 Å². The highest BCUT2D eigenvalue weighted by Gasteiger charge is 2.16. The molecule has 134 valence electrons. The molecule has 3 aromatic rings. The van der Waals surface area contributed by atoms with Crippen LogP contribution in [-0.2, 0) is 16.1 Å². The summed E-state index contributed by atoms with van der Waals surface area (Å²) >= 11 is 4.75. The van der Waals surface area contributed by atoms with Crippen molar-refractivity contribution in [1.29, 1.82) is 0 Å². The van der Waals surface area contributed by atoms with Gasteiger partial charge in [-0.3, -0.25) is 9.36 Å². The molecule has 0 bridgehead atoms. The van der Waals surface area contributed by atoms with Gasteiger partial charge in [0, 0.05) is 17.3 Å². The van der Waals surface area contributed by atoms with Gasteiger partial charge in [-0.05, 0) is 40.2 Å². The first kappa shape index (κ1) is 18.6. The van der Waals surface area contributed by atoms with Crippen molar-refractivity contribution in [2.75, 3.05) is 18.2 Å². The zero-order valence-electron chi connectivity index (χ0n) is 14.1. The number of hydrogen-bond donors (Lipinski definition) is 1. The molecule has 0 aliphatic carbocycles. The van der Waals surface area contributed by atoms with E-state index in [9.17, 15) is 4.79 Å². The fourth-order valence-corrected chi connectivity index (χ4v) is 3.49. The first-order valence-electron chi connectivity index (χ1n) is 7.85. The summed E-state index contributed by atoms with van der Waals surface area (Å²) in [6.45, 7) is 0.339. The molecular formula is C18H17BrN4O2S. The van der Waals surface area contributed by atoms with E-state index in [-0.39, 0.29) is 11.7 Å². The zero-order valence-corrected chi connectivity index (χ0v) is 16.5. The fraction of sp³-hybridized carbons (Fsp3) is 0.167. The third kappa shape index (κ3) is 4.51. The number of methoxy groups -OCH3 is 1. The number of thioether (sulfide) groups is 1. The average molecular weight is 433 g/mol. The lowest BCUT2D eigenvalue weighted by atomic mass is 10.3. The Morgan fingerprint density at radius 3 is 2.62 bits per heavy atom. The Morgan fingerprint density at radius 1 is 1.15 bits per heavy atom. The molecule has 26 heavy (non-hydrogen) atoms. The number of aromatic nitrogens is 3. The molecule has 8 heteroatoms. The first-order chi connectivity index (χ1) is 12.7. The third-order valence-corrected chi connectivity index (χ3v) is 5.09. The molecule has 1 N–H and O–H groups in total. The minimum atomic E-state index is -0.113. The second-order valence-corrected chi connectivity index (χ2v) is 7.12. The van der Waals surface area contributed by atoms with Gasteiger partial charge < -0.3 is 10.1 Å². The van der Waals surface area contributed by atoms with Crippen LogP contribution >= 0.6 is 27.7 Å². The van der Waals surface area contributed by atoms with Crippen molar-refractivity contribution < 1.29 is 9.53 Å². The fourth-order valence-electron chi connectivity index (χ4n) is 2.33. The first-order valence-corrected chi connectivity index (χ1v) is 9.62. The van der Waals surface area contributed by atoms with E-state index in [1.165, 1.54) is 11.8 Å². The summed E-state index contributed by atoms with van der Waals surface area (Å²) in [5, 5.41) is 11.9. The molecule has 3 rings (SSSR count). The molecule has 0 atom stereocenters. The van der Waals surface area contributed by atoms with E-state index in [2.05, 4.69) is 31.4 Å². The monoisotopic (exact) mass is 432 g/mol. The van der Waals surface area contributed by atoms with Gasteiger partial charge >= 0.3 is 0 Å². The van der Waals surface area contributed by atoms with Crippen molar-refractivity contribution in [1.82, 2.24) is 14.8 Å². The largest absolute Gasteiger partial charge is 0.377 e. The molecular weight excluding hydrogens is 416 g/mol. The predicted octanol–water partition coefficient (Wildman–Crippen LogP) is 3.91. The highest BCUT2D eigenvalue weighted by molar-refractivity contribution is 9.10. The number of amides is 1. The van der Waals surface area contributed by atoms with E-state index in [4.69, 9.17) is 4.74 Å². The van der Waals surface area contributed by atoms with E-state index in [0.29, 0.717) is 17.6 Å². The van der Waals surface area contributed by atoms with Crippen molar-refractivity contribution in [2.45, 2.75) is 11.8 Å². The Morgan fingerprint density at radius 2 is 1.88 bits per heavy atom. The Bertz CT molecular complexity index is 886. The minimum Gasteiger partial charge on any atom is -0.377 e. The summed E-state index contributed by atoms with van der Waals surface area (Å²) in [5.74, 6) is 0.796. The van der Waals surface area contributed by atoms with Gasteiger partial charge in [0.2, 0.25) is 5.91 Å². The van der Waals surface area contributed by atoms with Crippen LogP contribution < -0.4 is 5.32 Å². The summed E-state index contributed by atoms with van der Waals surface area (Å²) in [4.78, 5) is 12.3. The molecule has 0 spiro atoms. The van der Waals surface area contributed by atoms with Crippen molar-refractivity contribution in [3.63, 3.8) is 0 Å². The molecule has 0 unspecified atom stereocenters. The molecule has 0 saturated heterocycles. The number of rotatable bonds is 7. The van der Waals surface area contributed by atoms with Gasteiger partial charge in [-0.1, -0.05) is 42.1 Å². The van der Waals surface area contributed by atoms with Gasteiger partial charge in [0.25, 0.3) is 0 Å². The molecule has 0 aliphatic heterocycles. The van der Waals surface area contributed by atoms with Crippen molar-refractivity contribution in [3.8, 4) is 5.69 Å². The van der Waals surface area contributed by atoms with Gasteiger partial charge in [-0.2, -0.15) is 0 Å². The van der Waals surface area contributed by atoms with E-state index in [1.807, 2.05) is 59.2 Å². The van der Waals surface area contributed by atoms with Crippen molar-refractivity contribution in [2.24, 2.45) is 0 Å². The van der Waals surface area contributed by atoms with E-state index < -0.39 is 0 Å². The maximum Gasteiger partial charge on any atom is 0.234 e. The number of para-hydroxylation sites is 2. The van der Waals surface area contributed by atoms with Crippen LogP contribution in [0, 0.1) is 0 Å². The van der Waals surface area contributed by atoms with E-state index in [0.717, 1.165) is 15.8 Å². The number of hydrogen-bond acceptors (Lipinski definition) is 5. The van der Waals surface area contributed by atoms with Gasteiger partial charge in [0.1, 0.15) is 6.61 Å². The van der Waals surface area contributed by atoms with Crippen LogP contribution in [0.3, 0.4) is 0 Å². The molecule has 0 saturated carbocycles. The van der Waals surface area contributed by atoms with Gasteiger partial charge in [0.05, 0.1) is 11.4 Å². The maximum atomic E-state index is 12.3. The predicted molar refractivity (Wildman–Crippen MR) is 106 cm³/mol. The van der Waals surface area contributed by atoms with E-state index >= 15 is 0 Å². The average Bonchev–Trinajstić information content (AvgIpc) is 3.06. The van der Waals surface area contributed by atoms with Crippen molar-refractivity contribution >= 4 is 39.3 Å². The summed E-state index contributed by atoms with van der Waals surface area (Å²) < 4.78 is 7.95. The smallest absolute Gasteiger partial charge is 0.234 e. The van der Waals surface area contributed by atoms with Crippen LogP contribution in [-0.4, -0.2) is 33.5 Å². The van der Waals surface area contributed by atoms with Crippen molar-refractivity contribution in [3.05, 3.63) is 64.9 Å². The molecule has 0 aliphatic rings. The number of nitrogens with one attached hydrogen (secondary N) is 1. The highest BCUT2D eigenvalue weighted by atomic mass is 79.9. The SMILES string of the molecule is COCc1nnc(SCC(=O)Nc2ccccc2Br)n1-c1ccccc1. The molecule has 1 aromatic heterocycles. The number of nitrogens with zero attached hydrogens (tertiary/aromatic N) is 3. The van der Waals surface area contributed by atoms with Crippen LogP contribution in [0.15, 0.2) is 64.2 Å². The number of ether oxygens (including phenoxy) is 1. The maximum absolute atomic E-state index is 12.3. The number of benzene rings is 2. The quantitative estimate of drug-likeness (QED) is 0.573. The molecule has 1 amide bonds. The second kappa shape index (κ2) is 8.98. The van der Waals surface area contributed by atoms with Crippen LogP contribution in [0.1, 0.15) is 5.82 Å². The Labute approximate surface area is 164 Å². The lowest BCUT2D eigenvalue weighted by Crippen LogP contribution is -2.15. The third-order valence-electron chi connectivity index (χ3n) is 3.47. The van der Waals surface area contributed by atoms with Crippen LogP contribution in [0.2, 0.25) is 0 Å². The van der Waals surface area contributed by atoms with Crippen LogP contribution in [0.4, 0.5) is 5.69 Å². The summed E-state index contributed by atoms with van der Waals surface area (Å²) in [6.07, 6.45) is 0. The minimum absolute atomic E-state index is 0.113. The normalized spacial score (nSPS) is 10.7. The molecule has 0 fully saturated rings. The molecule has 1 heterocycles. The summed E-state index contributed by atoms with van der Waals surface area (Å²) in [5.41, 5.74) is 1.67. The number of carbonyl (C=O) groups is 1. The molecule has 2 aromatic carbocycles. The molecule has 6 nitrogen and oxygen atoms in total. The lowest BCUT2D eigenvalue weighted by molar-refractivity contribution is -0.113. The molecule has 0 radical (unpaired) electrons. The number of halogens is 1. The van der Waals surface area contributed by atoms with Gasteiger partial charge in [0.15, 0.2) is 11.0 Å². The van der Waals surface area contributed by atoms with Crippen LogP contribution in [0.5, 0.6) is 0 Å². The lowest BCUT2D eigenvalue weighted by Gasteiger charge is -2.10. The topological polar surface area (TPSA) is 69.0 Å². The van der Waals surface area contributed by atoms with Gasteiger partial charge in [-0.15, -0.1) is 10.2 Å². The van der Waals surface area contributed by atoms with Crippen LogP contribution in [0.25, 0.3) is 5.69 Å². The Hall–Kier alpha value is -2.16. The Kier molecular flexibility index (Phi) is 6.43. The Balaban J connectivity index is 1.74. The second-order valence-electron chi connectivity index (χ2n) is 5.32. The number of anilines is 1.